The second-order valence-corrected chi connectivity index (χ2v) is 5.52. The van der Waals surface area contributed by atoms with Crippen molar-refractivity contribution in [1.29, 1.82) is 0 Å². The van der Waals surface area contributed by atoms with Crippen LogP contribution >= 0.6 is 0 Å². The van der Waals surface area contributed by atoms with Crippen molar-refractivity contribution in [2.45, 2.75) is 13.0 Å². The van der Waals surface area contributed by atoms with Crippen molar-refractivity contribution >= 4 is 5.69 Å². The van der Waals surface area contributed by atoms with E-state index in [0.29, 0.717) is 6.04 Å². The highest BCUT2D eigenvalue weighted by Crippen LogP contribution is 2.33. The number of nitrogens with zero attached hydrogens (tertiary/aromatic N) is 2. The summed E-state index contributed by atoms with van der Waals surface area (Å²) in [7, 11) is 1.75. The second-order valence-electron chi connectivity index (χ2n) is 5.52. The van der Waals surface area contributed by atoms with Gasteiger partial charge in [0.2, 0.25) is 0 Å². The number of hydrogen-bond donors (Lipinski definition) is 1. The number of piperazine rings is 1. The standard InChI is InChI=1S/C15H23N3O/c1-12-3-4-15(19-2)14(9-12)18-10-13(11-18)17-7-5-16-6-8-17/h3-4,9,13,16H,5-8,10-11H2,1-2H3. The number of hydrogen-bond acceptors (Lipinski definition) is 4. The molecule has 2 heterocycles. The quantitative estimate of drug-likeness (QED) is 0.882. The van der Waals surface area contributed by atoms with Gasteiger partial charge in [0.15, 0.2) is 0 Å². The number of anilines is 1. The second kappa shape index (κ2) is 5.39. The minimum atomic E-state index is 0.715. The topological polar surface area (TPSA) is 27.7 Å². The Morgan fingerprint density at radius 2 is 1.95 bits per heavy atom. The van der Waals surface area contributed by atoms with Gasteiger partial charge in [-0.1, -0.05) is 6.07 Å². The molecule has 3 rings (SSSR count). The number of benzene rings is 1. The van der Waals surface area contributed by atoms with Gasteiger partial charge < -0.3 is 15.0 Å². The molecule has 2 aliphatic rings. The molecule has 0 spiro atoms. The summed E-state index contributed by atoms with van der Waals surface area (Å²) in [6.07, 6.45) is 0. The molecular formula is C15H23N3O. The molecule has 19 heavy (non-hydrogen) atoms. The highest BCUT2D eigenvalue weighted by Gasteiger charge is 2.33. The van der Waals surface area contributed by atoms with Gasteiger partial charge in [-0.3, -0.25) is 4.90 Å². The van der Waals surface area contributed by atoms with Crippen LogP contribution in [0.1, 0.15) is 5.56 Å². The Balaban J connectivity index is 1.65. The number of methoxy groups -OCH3 is 1. The Morgan fingerprint density at radius 1 is 1.21 bits per heavy atom. The van der Waals surface area contributed by atoms with Crippen molar-refractivity contribution in [3.05, 3.63) is 23.8 Å². The molecule has 0 unspecified atom stereocenters. The number of aryl methyl sites for hydroxylation is 1. The van der Waals surface area contributed by atoms with Gasteiger partial charge in [-0.05, 0) is 24.6 Å². The van der Waals surface area contributed by atoms with E-state index in [0.717, 1.165) is 31.9 Å². The van der Waals surface area contributed by atoms with Crippen molar-refractivity contribution in [1.82, 2.24) is 10.2 Å². The van der Waals surface area contributed by atoms with Crippen molar-refractivity contribution in [3.8, 4) is 5.75 Å². The molecule has 0 aromatic heterocycles. The lowest BCUT2D eigenvalue weighted by atomic mass is 10.0. The van der Waals surface area contributed by atoms with Gasteiger partial charge in [0.1, 0.15) is 5.75 Å². The van der Waals surface area contributed by atoms with E-state index in [2.05, 4.69) is 40.2 Å². The number of rotatable bonds is 3. The molecular weight excluding hydrogens is 238 g/mol. The molecule has 2 aliphatic heterocycles. The van der Waals surface area contributed by atoms with Crippen LogP contribution in [-0.2, 0) is 0 Å². The van der Waals surface area contributed by atoms with Crippen LogP contribution in [0.5, 0.6) is 5.75 Å². The normalized spacial score (nSPS) is 21.3. The number of ether oxygens (including phenoxy) is 1. The molecule has 0 amide bonds. The van der Waals surface area contributed by atoms with E-state index < -0.39 is 0 Å². The average Bonchev–Trinajstić information content (AvgIpc) is 2.39. The molecule has 1 aromatic rings. The van der Waals surface area contributed by atoms with Crippen LogP contribution in [0.25, 0.3) is 0 Å². The predicted octanol–water partition coefficient (Wildman–Crippen LogP) is 1.10. The van der Waals surface area contributed by atoms with Crippen LogP contribution in [0.15, 0.2) is 18.2 Å². The Kier molecular flexibility index (Phi) is 3.62. The molecule has 4 heteroatoms. The summed E-state index contributed by atoms with van der Waals surface area (Å²) in [6, 6.07) is 7.12. The van der Waals surface area contributed by atoms with Crippen molar-refractivity contribution in [2.24, 2.45) is 0 Å². The van der Waals surface area contributed by atoms with Crippen LogP contribution in [0.3, 0.4) is 0 Å². The molecule has 0 saturated carbocycles. The highest BCUT2D eigenvalue weighted by molar-refractivity contribution is 5.61. The summed E-state index contributed by atoms with van der Waals surface area (Å²) in [5.41, 5.74) is 2.54. The summed E-state index contributed by atoms with van der Waals surface area (Å²) in [4.78, 5) is 5.04. The summed E-state index contributed by atoms with van der Waals surface area (Å²) in [6.45, 7) is 9.01. The van der Waals surface area contributed by atoms with Crippen LogP contribution in [-0.4, -0.2) is 57.3 Å². The zero-order valence-corrected chi connectivity index (χ0v) is 11.9. The van der Waals surface area contributed by atoms with E-state index >= 15 is 0 Å². The minimum Gasteiger partial charge on any atom is -0.495 e. The first-order valence-corrected chi connectivity index (χ1v) is 7.12. The fourth-order valence-electron chi connectivity index (χ4n) is 2.98. The Labute approximate surface area is 115 Å². The van der Waals surface area contributed by atoms with Gasteiger partial charge >= 0.3 is 0 Å². The van der Waals surface area contributed by atoms with Crippen LogP contribution < -0.4 is 15.0 Å². The van der Waals surface area contributed by atoms with Crippen LogP contribution in [0.4, 0.5) is 5.69 Å². The first kappa shape index (κ1) is 12.8. The maximum Gasteiger partial charge on any atom is 0.142 e. The fourth-order valence-corrected chi connectivity index (χ4v) is 2.98. The summed E-state index contributed by atoms with van der Waals surface area (Å²) < 4.78 is 5.47. The van der Waals surface area contributed by atoms with Gasteiger partial charge in [-0.25, -0.2) is 0 Å². The third kappa shape index (κ3) is 2.55. The molecule has 0 radical (unpaired) electrons. The smallest absolute Gasteiger partial charge is 0.142 e. The lowest BCUT2D eigenvalue weighted by molar-refractivity contribution is 0.147. The zero-order chi connectivity index (χ0) is 13.2. The van der Waals surface area contributed by atoms with E-state index in [4.69, 9.17) is 4.74 Å². The van der Waals surface area contributed by atoms with E-state index in [1.54, 1.807) is 7.11 Å². The van der Waals surface area contributed by atoms with Gasteiger partial charge in [0.05, 0.1) is 12.8 Å². The molecule has 1 aromatic carbocycles. The third-order valence-electron chi connectivity index (χ3n) is 4.21. The minimum absolute atomic E-state index is 0.715. The lowest BCUT2D eigenvalue weighted by Crippen LogP contribution is -2.62. The SMILES string of the molecule is COc1ccc(C)cc1N1CC(N2CCNCC2)C1. The summed E-state index contributed by atoms with van der Waals surface area (Å²) in [5, 5.41) is 3.41. The molecule has 2 saturated heterocycles. The first-order chi connectivity index (χ1) is 9.28. The lowest BCUT2D eigenvalue weighted by Gasteiger charge is -2.48. The maximum absolute atomic E-state index is 5.47. The number of nitrogens with one attached hydrogen (secondary N) is 1. The maximum atomic E-state index is 5.47. The summed E-state index contributed by atoms with van der Waals surface area (Å²) >= 11 is 0. The van der Waals surface area contributed by atoms with Gasteiger partial charge in [-0.15, -0.1) is 0 Å². The van der Waals surface area contributed by atoms with E-state index in [9.17, 15) is 0 Å². The molecule has 0 bridgehead atoms. The molecule has 104 valence electrons. The largest absolute Gasteiger partial charge is 0.495 e. The summed E-state index contributed by atoms with van der Waals surface area (Å²) in [5.74, 6) is 0.990. The first-order valence-electron chi connectivity index (χ1n) is 7.12. The Morgan fingerprint density at radius 3 is 2.63 bits per heavy atom. The van der Waals surface area contributed by atoms with E-state index in [-0.39, 0.29) is 0 Å². The molecule has 0 aliphatic carbocycles. The Hall–Kier alpha value is -1.26. The van der Waals surface area contributed by atoms with Crippen molar-refractivity contribution in [3.63, 3.8) is 0 Å². The molecule has 2 fully saturated rings. The van der Waals surface area contributed by atoms with Crippen molar-refractivity contribution in [2.75, 3.05) is 51.3 Å². The molecule has 4 nitrogen and oxygen atoms in total. The monoisotopic (exact) mass is 261 g/mol. The van der Waals surface area contributed by atoms with Gasteiger partial charge in [0, 0.05) is 45.3 Å². The van der Waals surface area contributed by atoms with Crippen LogP contribution in [0, 0.1) is 6.92 Å². The molecule has 1 N–H and O–H groups in total. The van der Waals surface area contributed by atoms with Gasteiger partial charge in [-0.2, -0.15) is 0 Å². The third-order valence-corrected chi connectivity index (χ3v) is 4.21. The Bertz CT molecular complexity index is 437. The van der Waals surface area contributed by atoms with E-state index in [1.165, 1.54) is 24.3 Å². The van der Waals surface area contributed by atoms with Gasteiger partial charge in [0.25, 0.3) is 0 Å². The van der Waals surface area contributed by atoms with E-state index in [1.807, 2.05) is 0 Å². The predicted molar refractivity (Wildman–Crippen MR) is 78.2 cm³/mol. The fraction of sp³-hybridized carbons (Fsp3) is 0.600. The average molecular weight is 261 g/mol. The molecule has 0 atom stereocenters. The zero-order valence-electron chi connectivity index (χ0n) is 11.9. The highest BCUT2D eigenvalue weighted by atomic mass is 16.5. The van der Waals surface area contributed by atoms with Crippen LogP contribution in [0.2, 0.25) is 0 Å². The van der Waals surface area contributed by atoms with Crippen molar-refractivity contribution < 1.29 is 4.74 Å².